The predicted molar refractivity (Wildman–Crippen MR) is 76.2 cm³/mol. The summed E-state index contributed by atoms with van der Waals surface area (Å²) in [4.78, 5) is 25.0. The zero-order valence-corrected chi connectivity index (χ0v) is 11.9. The van der Waals surface area contributed by atoms with E-state index in [9.17, 15) is 14.7 Å². The number of hydrogen-bond acceptors (Lipinski definition) is 5. The molecule has 1 aliphatic rings. The van der Waals surface area contributed by atoms with Crippen LogP contribution in [0, 0.1) is 0 Å². The Labute approximate surface area is 123 Å². The summed E-state index contributed by atoms with van der Waals surface area (Å²) < 4.78 is 10.3. The molecule has 0 aromatic heterocycles. The highest BCUT2D eigenvalue weighted by Gasteiger charge is 2.26. The van der Waals surface area contributed by atoms with Crippen molar-refractivity contribution in [1.29, 1.82) is 0 Å². The van der Waals surface area contributed by atoms with E-state index < -0.39 is 12.1 Å². The lowest BCUT2D eigenvalue weighted by atomic mass is 10.2. The average molecular weight is 293 g/mol. The molecule has 21 heavy (non-hydrogen) atoms. The maximum Gasteiger partial charge on any atom is 0.308 e. The van der Waals surface area contributed by atoms with Gasteiger partial charge in [0.25, 0.3) is 0 Å². The molecular formula is C15H19NO5. The molecule has 1 amide bonds. The Morgan fingerprint density at radius 2 is 2.24 bits per heavy atom. The first-order valence-electron chi connectivity index (χ1n) is 6.97. The third-order valence-corrected chi connectivity index (χ3v) is 3.13. The zero-order chi connectivity index (χ0) is 15.2. The van der Waals surface area contributed by atoms with Gasteiger partial charge in [0, 0.05) is 0 Å². The fourth-order valence-electron chi connectivity index (χ4n) is 2.21. The smallest absolute Gasteiger partial charge is 0.308 e. The fraction of sp³-hybridized carbons (Fsp3) is 0.467. The van der Waals surface area contributed by atoms with Crippen molar-refractivity contribution in [3.63, 3.8) is 0 Å². The summed E-state index contributed by atoms with van der Waals surface area (Å²) in [5, 5.41) is 10.00. The van der Waals surface area contributed by atoms with Crippen molar-refractivity contribution in [2.45, 2.75) is 25.9 Å². The lowest BCUT2D eigenvalue weighted by molar-refractivity contribution is -0.145. The van der Waals surface area contributed by atoms with Crippen LogP contribution in [0.1, 0.15) is 19.8 Å². The van der Waals surface area contributed by atoms with Gasteiger partial charge in [-0.2, -0.15) is 0 Å². The molecule has 0 aliphatic carbocycles. The highest BCUT2D eigenvalue weighted by atomic mass is 16.5. The molecule has 6 heteroatoms. The number of ether oxygens (including phenoxy) is 2. The molecular weight excluding hydrogens is 274 g/mol. The number of aliphatic hydroxyl groups is 1. The molecule has 6 nitrogen and oxygen atoms in total. The van der Waals surface area contributed by atoms with Crippen LogP contribution < -0.4 is 9.64 Å². The number of anilines is 1. The van der Waals surface area contributed by atoms with E-state index in [4.69, 9.17) is 9.47 Å². The van der Waals surface area contributed by atoms with Gasteiger partial charge in [0.2, 0.25) is 5.91 Å². The Bertz CT molecular complexity index is 517. The standard InChI is InChI=1S/C15H19NO5/c1-2-20-15(19)9-11(17)10-16-12-5-3-4-6-13(12)21-8-7-14(16)18/h3-6,11,17H,2,7-10H2,1H3. The highest BCUT2D eigenvalue weighted by Crippen LogP contribution is 2.31. The largest absolute Gasteiger partial charge is 0.491 e. The second-order valence-corrected chi connectivity index (χ2v) is 4.73. The summed E-state index contributed by atoms with van der Waals surface area (Å²) in [5.74, 6) is -0.00801. The number of β-amino-alcohol motifs (C(OH)–C–C–N with tert-alkyl or cyclic N) is 1. The summed E-state index contributed by atoms with van der Waals surface area (Å²) in [6.07, 6.45) is -0.874. The van der Waals surface area contributed by atoms with Gasteiger partial charge >= 0.3 is 5.97 Å². The van der Waals surface area contributed by atoms with Crippen molar-refractivity contribution in [3.05, 3.63) is 24.3 Å². The summed E-state index contributed by atoms with van der Waals surface area (Å²) in [7, 11) is 0. The van der Waals surface area contributed by atoms with E-state index in [1.54, 1.807) is 25.1 Å². The van der Waals surface area contributed by atoms with Crippen LogP contribution in [0.15, 0.2) is 24.3 Å². The lowest BCUT2D eigenvalue weighted by Crippen LogP contribution is -2.38. The van der Waals surface area contributed by atoms with Crippen molar-refractivity contribution in [2.24, 2.45) is 0 Å². The van der Waals surface area contributed by atoms with Crippen molar-refractivity contribution in [1.82, 2.24) is 0 Å². The van der Waals surface area contributed by atoms with Gasteiger partial charge in [-0.25, -0.2) is 0 Å². The topological polar surface area (TPSA) is 76.1 Å². The Kier molecular flexibility index (Phi) is 5.16. The van der Waals surface area contributed by atoms with Gasteiger partial charge in [0.05, 0.1) is 44.4 Å². The van der Waals surface area contributed by atoms with Gasteiger partial charge in [-0.05, 0) is 19.1 Å². The Morgan fingerprint density at radius 3 is 3.00 bits per heavy atom. The molecule has 1 unspecified atom stereocenters. The highest BCUT2D eigenvalue weighted by molar-refractivity contribution is 5.95. The van der Waals surface area contributed by atoms with Crippen molar-refractivity contribution >= 4 is 17.6 Å². The quantitative estimate of drug-likeness (QED) is 0.823. The summed E-state index contributed by atoms with van der Waals surface area (Å²) >= 11 is 0. The van der Waals surface area contributed by atoms with Crippen LogP contribution in [0.3, 0.4) is 0 Å². The van der Waals surface area contributed by atoms with Crippen LogP contribution in [0.5, 0.6) is 5.75 Å². The molecule has 1 aliphatic heterocycles. The van der Waals surface area contributed by atoms with Crippen molar-refractivity contribution in [2.75, 3.05) is 24.7 Å². The van der Waals surface area contributed by atoms with Crippen LogP contribution in [0.2, 0.25) is 0 Å². The van der Waals surface area contributed by atoms with E-state index >= 15 is 0 Å². The molecule has 2 rings (SSSR count). The van der Waals surface area contributed by atoms with Crippen LogP contribution in [-0.4, -0.2) is 42.8 Å². The maximum absolute atomic E-state index is 12.1. The number of hydrogen-bond donors (Lipinski definition) is 1. The van der Waals surface area contributed by atoms with Gasteiger partial charge in [0.1, 0.15) is 5.75 Å². The normalized spacial score (nSPS) is 15.7. The molecule has 0 saturated carbocycles. The van der Waals surface area contributed by atoms with Crippen molar-refractivity contribution in [3.8, 4) is 5.75 Å². The first-order chi connectivity index (χ1) is 10.1. The van der Waals surface area contributed by atoms with E-state index in [1.807, 2.05) is 6.07 Å². The number of carbonyl (C=O) groups is 2. The Hall–Kier alpha value is -2.08. The fourth-order valence-corrected chi connectivity index (χ4v) is 2.21. The van der Waals surface area contributed by atoms with E-state index in [0.717, 1.165) is 0 Å². The average Bonchev–Trinajstić information content (AvgIpc) is 2.59. The second kappa shape index (κ2) is 7.08. The summed E-state index contributed by atoms with van der Waals surface area (Å²) in [6, 6.07) is 7.15. The number of rotatable bonds is 5. The van der Waals surface area contributed by atoms with Crippen LogP contribution in [0.4, 0.5) is 5.69 Å². The lowest BCUT2D eigenvalue weighted by Gasteiger charge is -2.24. The number of amides is 1. The molecule has 1 aromatic rings. The molecule has 114 valence electrons. The number of aliphatic hydroxyl groups excluding tert-OH is 1. The number of nitrogens with zero attached hydrogens (tertiary/aromatic N) is 1. The SMILES string of the molecule is CCOC(=O)CC(O)CN1C(=O)CCOc2ccccc21. The Balaban J connectivity index is 2.10. The zero-order valence-electron chi connectivity index (χ0n) is 11.9. The monoisotopic (exact) mass is 293 g/mol. The number of benzene rings is 1. The predicted octanol–water partition coefficient (Wildman–Crippen LogP) is 1.12. The number of fused-ring (bicyclic) bond motifs is 1. The van der Waals surface area contributed by atoms with Crippen molar-refractivity contribution < 1.29 is 24.2 Å². The van der Waals surface area contributed by atoms with E-state index in [0.29, 0.717) is 18.0 Å². The van der Waals surface area contributed by atoms with Gasteiger partial charge in [-0.3, -0.25) is 9.59 Å². The minimum absolute atomic E-state index is 0.0397. The minimum Gasteiger partial charge on any atom is -0.491 e. The Morgan fingerprint density at radius 1 is 1.48 bits per heavy atom. The van der Waals surface area contributed by atoms with Gasteiger partial charge in [0.15, 0.2) is 0 Å². The minimum atomic E-state index is -0.973. The maximum atomic E-state index is 12.1. The third-order valence-electron chi connectivity index (χ3n) is 3.13. The van der Waals surface area contributed by atoms with Gasteiger partial charge in [-0.1, -0.05) is 12.1 Å². The summed E-state index contributed by atoms with van der Waals surface area (Å²) in [5.41, 5.74) is 0.614. The molecule has 1 N–H and O–H groups in total. The molecule has 0 fully saturated rings. The number of carbonyl (C=O) groups excluding carboxylic acids is 2. The number of esters is 1. The van der Waals surface area contributed by atoms with Gasteiger partial charge in [-0.15, -0.1) is 0 Å². The number of para-hydroxylation sites is 2. The molecule has 1 aromatic carbocycles. The third kappa shape index (κ3) is 3.95. The first kappa shape index (κ1) is 15.3. The van der Waals surface area contributed by atoms with E-state index in [-0.39, 0.29) is 31.9 Å². The molecule has 0 radical (unpaired) electrons. The van der Waals surface area contributed by atoms with E-state index in [2.05, 4.69) is 0 Å². The first-order valence-corrected chi connectivity index (χ1v) is 6.97. The summed E-state index contributed by atoms with van der Waals surface area (Å²) in [6.45, 7) is 2.32. The molecule has 0 spiro atoms. The molecule has 0 saturated heterocycles. The van der Waals surface area contributed by atoms with Crippen LogP contribution >= 0.6 is 0 Å². The molecule has 0 bridgehead atoms. The second-order valence-electron chi connectivity index (χ2n) is 4.73. The van der Waals surface area contributed by atoms with Crippen LogP contribution in [0.25, 0.3) is 0 Å². The van der Waals surface area contributed by atoms with Gasteiger partial charge < -0.3 is 19.5 Å². The van der Waals surface area contributed by atoms with Crippen LogP contribution in [-0.2, 0) is 14.3 Å². The molecule has 1 heterocycles. The molecule has 1 atom stereocenters. The van der Waals surface area contributed by atoms with E-state index in [1.165, 1.54) is 4.90 Å².